The lowest BCUT2D eigenvalue weighted by molar-refractivity contribution is -0.120. The van der Waals surface area contributed by atoms with E-state index in [-0.39, 0.29) is 41.2 Å². The van der Waals surface area contributed by atoms with E-state index in [1.807, 2.05) is 6.92 Å². The van der Waals surface area contributed by atoms with Crippen molar-refractivity contribution in [1.82, 2.24) is 10.6 Å². The van der Waals surface area contributed by atoms with E-state index in [0.29, 0.717) is 0 Å². The van der Waals surface area contributed by atoms with E-state index in [0.717, 1.165) is 63.5 Å². The summed E-state index contributed by atoms with van der Waals surface area (Å²) in [5, 5.41) is 26.5. The van der Waals surface area contributed by atoms with Crippen LogP contribution in [-0.2, 0) is 4.79 Å². The monoisotopic (exact) mass is 611 g/mol. The number of rotatable bonds is 22. The minimum absolute atomic E-state index is 0.0443. The molecule has 1 aromatic carbocycles. The van der Waals surface area contributed by atoms with E-state index >= 15 is 0 Å². The Kier molecular flexibility index (Phi) is 21.5. The third-order valence-electron chi connectivity index (χ3n) is 6.10. The van der Waals surface area contributed by atoms with Crippen molar-refractivity contribution in [2.45, 2.75) is 76.9 Å². The molecular weight excluding hydrogens is 562 g/mol. The summed E-state index contributed by atoms with van der Waals surface area (Å²) in [5.74, 6) is -0.799. The van der Waals surface area contributed by atoms with Crippen LogP contribution < -0.4 is 16.0 Å². The average molecular weight is 612 g/mol. The van der Waals surface area contributed by atoms with Gasteiger partial charge in [0.15, 0.2) is 0 Å². The number of carboxylic acid groups (broad SMARTS) is 1. The van der Waals surface area contributed by atoms with Crippen LogP contribution >= 0.6 is 11.8 Å². The highest BCUT2D eigenvalue weighted by atomic mass is 32.2. The molecule has 1 unspecified atom stereocenters. The summed E-state index contributed by atoms with van der Waals surface area (Å²) in [4.78, 5) is 35.6. The van der Waals surface area contributed by atoms with Crippen molar-refractivity contribution in [3.05, 3.63) is 84.5 Å². The van der Waals surface area contributed by atoms with Crippen LogP contribution in [0.2, 0.25) is 0 Å². The number of aromatic carboxylic acids is 1. The Balaban J connectivity index is 2.10. The number of carboxylic acids is 1. The second kappa shape index (κ2) is 24.8. The molecule has 236 valence electrons. The van der Waals surface area contributed by atoms with Gasteiger partial charge in [0.05, 0.1) is 5.25 Å². The maximum Gasteiger partial charge on any atom is 0.339 e. The molecule has 0 fully saturated rings. The van der Waals surface area contributed by atoms with Crippen LogP contribution in [0.15, 0.2) is 79.0 Å². The van der Waals surface area contributed by atoms with Crippen LogP contribution in [-0.4, -0.2) is 52.2 Å². The van der Waals surface area contributed by atoms with Gasteiger partial charge in [-0.2, -0.15) is 0 Å². The molecule has 8 nitrogen and oxygen atoms in total. The van der Waals surface area contributed by atoms with Crippen LogP contribution in [0.5, 0.6) is 5.75 Å². The van der Waals surface area contributed by atoms with Crippen molar-refractivity contribution in [3.63, 3.8) is 0 Å². The summed E-state index contributed by atoms with van der Waals surface area (Å²) < 4.78 is 0. The molecule has 5 N–H and O–H groups in total. The quantitative estimate of drug-likeness (QED) is 0.0518. The number of urea groups is 1. The van der Waals surface area contributed by atoms with Gasteiger partial charge in [-0.05, 0) is 81.7 Å². The molecular formula is C34H49N3O5S. The first kappa shape index (κ1) is 37.3. The highest BCUT2D eigenvalue weighted by molar-refractivity contribution is 8.00. The van der Waals surface area contributed by atoms with Gasteiger partial charge in [0.1, 0.15) is 11.3 Å². The van der Waals surface area contributed by atoms with Gasteiger partial charge < -0.3 is 26.2 Å². The molecule has 0 aliphatic carbocycles. The molecule has 0 saturated heterocycles. The molecule has 0 heterocycles. The molecule has 0 radical (unpaired) electrons. The van der Waals surface area contributed by atoms with E-state index in [2.05, 4.69) is 83.6 Å². The number of amides is 3. The van der Waals surface area contributed by atoms with Crippen LogP contribution in [0.25, 0.3) is 0 Å². The SMILES string of the molecule is CCC=CCC=CCC=CCC=CCC=CCCCCSC(CC)C(=O)NCCNC(=O)Nc1ccc(O)c(C(=O)O)c1. The first-order valence-corrected chi connectivity index (χ1v) is 16.2. The molecule has 0 aliphatic heterocycles. The van der Waals surface area contributed by atoms with E-state index in [9.17, 15) is 19.5 Å². The number of anilines is 1. The van der Waals surface area contributed by atoms with Gasteiger partial charge in [-0.25, -0.2) is 9.59 Å². The van der Waals surface area contributed by atoms with Gasteiger partial charge in [-0.1, -0.05) is 74.6 Å². The summed E-state index contributed by atoms with van der Waals surface area (Å²) in [6.45, 7) is 4.63. The molecule has 0 spiro atoms. The molecule has 0 aliphatic rings. The van der Waals surface area contributed by atoms with Crippen molar-refractivity contribution in [2.24, 2.45) is 0 Å². The lowest BCUT2D eigenvalue weighted by atomic mass is 10.2. The summed E-state index contributed by atoms with van der Waals surface area (Å²) in [5.41, 5.74) is -0.0668. The second-order valence-electron chi connectivity index (χ2n) is 9.68. The molecule has 1 aromatic rings. The first-order valence-electron chi connectivity index (χ1n) is 15.1. The largest absolute Gasteiger partial charge is 0.507 e. The molecule has 43 heavy (non-hydrogen) atoms. The van der Waals surface area contributed by atoms with Crippen LogP contribution in [0.4, 0.5) is 10.5 Å². The van der Waals surface area contributed by atoms with Crippen molar-refractivity contribution in [3.8, 4) is 5.75 Å². The van der Waals surface area contributed by atoms with Crippen LogP contribution in [0.3, 0.4) is 0 Å². The van der Waals surface area contributed by atoms with Crippen molar-refractivity contribution < 1.29 is 24.6 Å². The zero-order valence-electron chi connectivity index (χ0n) is 25.6. The molecule has 9 heteroatoms. The van der Waals surface area contributed by atoms with Crippen molar-refractivity contribution in [1.29, 1.82) is 0 Å². The molecule has 0 aromatic heterocycles. The summed E-state index contributed by atoms with van der Waals surface area (Å²) in [6.07, 6.45) is 30.9. The zero-order valence-corrected chi connectivity index (χ0v) is 26.4. The Labute approximate surface area is 261 Å². The number of carbonyl (C=O) groups is 3. The number of aromatic hydroxyl groups is 1. The number of unbranched alkanes of at least 4 members (excludes halogenated alkanes) is 2. The Morgan fingerprint density at radius 3 is 1.98 bits per heavy atom. The predicted octanol–water partition coefficient (Wildman–Crippen LogP) is 7.76. The molecule has 0 bridgehead atoms. The zero-order chi connectivity index (χ0) is 31.5. The molecule has 0 saturated carbocycles. The number of nitrogens with one attached hydrogen (secondary N) is 3. The number of hydrogen-bond acceptors (Lipinski definition) is 5. The topological polar surface area (TPSA) is 128 Å². The number of carbonyl (C=O) groups excluding carboxylic acids is 2. The Hall–Kier alpha value is -3.72. The Morgan fingerprint density at radius 1 is 0.814 bits per heavy atom. The fraction of sp³-hybridized carbons (Fsp3) is 0.441. The number of allylic oxidation sites excluding steroid dienone is 10. The third kappa shape index (κ3) is 19.2. The van der Waals surface area contributed by atoms with Gasteiger partial charge >= 0.3 is 12.0 Å². The highest BCUT2D eigenvalue weighted by Gasteiger charge is 2.16. The lowest BCUT2D eigenvalue weighted by Gasteiger charge is -2.15. The number of hydrogen-bond donors (Lipinski definition) is 5. The minimum Gasteiger partial charge on any atom is -0.507 e. The van der Waals surface area contributed by atoms with Gasteiger partial charge in [0, 0.05) is 18.8 Å². The minimum atomic E-state index is -1.29. The van der Waals surface area contributed by atoms with Crippen LogP contribution in [0, 0.1) is 0 Å². The van der Waals surface area contributed by atoms with Crippen molar-refractivity contribution in [2.75, 3.05) is 24.2 Å². The van der Waals surface area contributed by atoms with E-state index < -0.39 is 12.0 Å². The maximum absolute atomic E-state index is 12.5. The third-order valence-corrected chi connectivity index (χ3v) is 7.57. The van der Waals surface area contributed by atoms with Crippen molar-refractivity contribution >= 4 is 35.4 Å². The van der Waals surface area contributed by atoms with E-state index in [1.54, 1.807) is 11.8 Å². The lowest BCUT2D eigenvalue weighted by Crippen LogP contribution is -2.39. The average Bonchev–Trinajstić information content (AvgIpc) is 2.99. The maximum atomic E-state index is 12.5. The number of phenols is 1. The number of thioether (sulfide) groups is 1. The molecule has 3 amide bonds. The second-order valence-corrected chi connectivity index (χ2v) is 11.0. The summed E-state index contributed by atoms with van der Waals surface area (Å²) in [6, 6.07) is 3.23. The normalized spacial score (nSPS) is 12.6. The summed E-state index contributed by atoms with van der Waals surface area (Å²) in [7, 11) is 0. The van der Waals surface area contributed by atoms with Crippen LogP contribution in [0.1, 0.15) is 82.0 Å². The van der Waals surface area contributed by atoms with Gasteiger partial charge in [-0.15, -0.1) is 11.8 Å². The fourth-order valence-corrected chi connectivity index (χ4v) is 4.90. The van der Waals surface area contributed by atoms with Gasteiger partial charge in [0.2, 0.25) is 5.91 Å². The molecule has 1 atom stereocenters. The van der Waals surface area contributed by atoms with E-state index in [1.165, 1.54) is 18.2 Å². The van der Waals surface area contributed by atoms with Gasteiger partial charge in [0.25, 0.3) is 0 Å². The first-order chi connectivity index (χ1) is 20.9. The Bertz CT molecular complexity index is 1110. The standard InChI is InChI=1S/C34H49N3O5S/c1-3-5-6-7-8-9-10-11-12-13-14-15-16-17-18-19-20-21-26-43-31(4-2)32(39)35-24-25-36-34(42)37-28-22-23-30(38)29(27-28)33(40)41/h5-6,8-9,11-12,14-15,17-18,22-23,27,31,38H,3-4,7,10,13,16,19-21,24-26H2,1-2H3,(H,35,39)(H,40,41)(H2,36,37,42). The van der Waals surface area contributed by atoms with Gasteiger partial charge in [-0.3, -0.25) is 4.79 Å². The predicted molar refractivity (Wildman–Crippen MR) is 180 cm³/mol. The highest BCUT2D eigenvalue weighted by Crippen LogP contribution is 2.21. The molecule has 1 rings (SSSR count). The van der Waals surface area contributed by atoms with E-state index in [4.69, 9.17) is 5.11 Å². The summed E-state index contributed by atoms with van der Waals surface area (Å²) >= 11 is 1.66. The Morgan fingerprint density at radius 2 is 1.40 bits per heavy atom. The smallest absolute Gasteiger partial charge is 0.339 e. The number of benzene rings is 1. The fourth-order valence-electron chi connectivity index (χ4n) is 3.77.